The van der Waals surface area contributed by atoms with Crippen molar-refractivity contribution in [2.24, 2.45) is 5.92 Å². The van der Waals surface area contributed by atoms with Crippen LogP contribution in [-0.2, 0) is 0 Å². The highest BCUT2D eigenvalue weighted by Gasteiger charge is 1.91. The van der Waals surface area contributed by atoms with E-state index in [0.29, 0.717) is 0 Å². The Morgan fingerprint density at radius 3 is 2.56 bits per heavy atom. The predicted octanol–water partition coefficient (Wildman–Crippen LogP) is 2.19. The van der Waals surface area contributed by atoms with E-state index in [1.807, 2.05) is 13.5 Å². The monoisotopic (exact) mass is 128 g/mol. The molecule has 0 aliphatic carbocycles. The van der Waals surface area contributed by atoms with E-state index in [4.69, 9.17) is 0 Å². The summed E-state index contributed by atoms with van der Waals surface area (Å²) in [5.41, 5.74) is 0. The molecule has 1 radical (unpaired) electrons. The maximum absolute atomic E-state index is 3.18. The van der Waals surface area contributed by atoms with Crippen LogP contribution in [0, 0.1) is 12.5 Å². The van der Waals surface area contributed by atoms with Crippen LogP contribution in [0.3, 0.4) is 0 Å². The topological polar surface area (TPSA) is 12.0 Å². The largest absolute Gasteiger partial charge is 0.313 e. The molecule has 0 rings (SSSR count). The molecule has 0 bridgehead atoms. The fourth-order valence-electron chi connectivity index (χ4n) is 0.757. The zero-order chi connectivity index (χ0) is 7.11. The van der Waals surface area contributed by atoms with Crippen LogP contribution >= 0.6 is 0 Å². The first-order valence-corrected chi connectivity index (χ1v) is 3.78. The van der Waals surface area contributed by atoms with Crippen LogP contribution in [0.25, 0.3) is 0 Å². The van der Waals surface area contributed by atoms with Crippen LogP contribution in [0.4, 0.5) is 0 Å². The molecule has 1 heteroatoms. The quantitative estimate of drug-likeness (QED) is 0.560. The Morgan fingerprint density at radius 2 is 2.11 bits per heavy atom. The second-order valence-corrected chi connectivity index (χ2v) is 2.78. The molecule has 0 aliphatic rings. The SMILES string of the molecule is C[CH]NCCCC(C)C. The van der Waals surface area contributed by atoms with Crippen molar-refractivity contribution in [1.82, 2.24) is 5.32 Å². The summed E-state index contributed by atoms with van der Waals surface area (Å²) >= 11 is 0. The lowest BCUT2D eigenvalue weighted by Crippen LogP contribution is -2.09. The van der Waals surface area contributed by atoms with Gasteiger partial charge in [0, 0.05) is 6.54 Å². The number of nitrogens with one attached hydrogen (secondary N) is 1. The molecule has 0 saturated carbocycles. The van der Waals surface area contributed by atoms with Crippen molar-refractivity contribution >= 4 is 0 Å². The van der Waals surface area contributed by atoms with Crippen molar-refractivity contribution in [2.45, 2.75) is 33.6 Å². The van der Waals surface area contributed by atoms with Gasteiger partial charge >= 0.3 is 0 Å². The van der Waals surface area contributed by atoms with E-state index in [9.17, 15) is 0 Å². The van der Waals surface area contributed by atoms with E-state index in [2.05, 4.69) is 19.2 Å². The van der Waals surface area contributed by atoms with Gasteiger partial charge in [-0.2, -0.15) is 0 Å². The van der Waals surface area contributed by atoms with E-state index in [1.54, 1.807) is 0 Å². The minimum absolute atomic E-state index is 0.851. The average molecular weight is 128 g/mol. The molecule has 0 aliphatic heterocycles. The van der Waals surface area contributed by atoms with Crippen molar-refractivity contribution in [2.75, 3.05) is 6.54 Å². The molecule has 0 aromatic carbocycles. The second-order valence-electron chi connectivity index (χ2n) is 2.78. The van der Waals surface area contributed by atoms with Crippen LogP contribution in [0.15, 0.2) is 0 Å². The van der Waals surface area contributed by atoms with Crippen molar-refractivity contribution in [3.8, 4) is 0 Å². The summed E-state index contributed by atoms with van der Waals surface area (Å²) in [5, 5.41) is 3.18. The lowest BCUT2D eigenvalue weighted by Gasteiger charge is -2.03. The smallest absolute Gasteiger partial charge is 0.0190 e. The van der Waals surface area contributed by atoms with Gasteiger partial charge in [-0.1, -0.05) is 13.8 Å². The molecule has 55 valence electrons. The van der Waals surface area contributed by atoms with Gasteiger partial charge in [0.2, 0.25) is 0 Å². The fraction of sp³-hybridized carbons (Fsp3) is 0.875. The maximum atomic E-state index is 3.18. The zero-order valence-corrected chi connectivity index (χ0v) is 6.78. The summed E-state index contributed by atoms with van der Waals surface area (Å²) < 4.78 is 0. The Kier molecular flexibility index (Phi) is 6.06. The van der Waals surface area contributed by atoms with Gasteiger partial charge < -0.3 is 5.32 Å². The lowest BCUT2D eigenvalue weighted by atomic mass is 10.1. The lowest BCUT2D eigenvalue weighted by molar-refractivity contribution is 0.542. The van der Waals surface area contributed by atoms with E-state index in [-0.39, 0.29) is 0 Å². The van der Waals surface area contributed by atoms with Crippen LogP contribution in [0.2, 0.25) is 0 Å². The molecule has 0 saturated heterocycles. The summed E-state index contributed by atoms with van der Waals surface area (Å²) in [4.78, 5) is 0. The van der Waals surface area contributed by atoms with Gasteiger partial charge in [0.05, 0.1) is 0 Å². The Hall–Kier alpha value is -0.0400. The molecule has 0 fully saturated rings. The minimum Gasteiger partial charge on any atom is -0.313 e. The maximum Gasteiger partial charge on any atom is 0.0190 e. The molecule has 0 spiro atoms. The molecule has 0 unspecified atom stereocenters. The number of rotatable bonds is 5. The van der Waals surface area contributed by atoms with E-state index >= 15 is 0 Å². The molecule has 0 amide bonds. The first kappa shape index (κ1) is 8.96. The molecule has 0 aromatic heterocycles. The van der Waals surface area contributed by atoms with Crippen LogP contribution in [0.5, 0.6) is 0 Å². The molecule has 1 nitrogen and oxygen atoms in total. The molecule has 0 aromatic rings. The van der Waals surface area contributed by atoms with Crippen molar-refractivity contribution in [1.29, 1.82) is 0 Å². The normalized spacial score (nSPS) is 10.7. The van der Waals surface area contributed by atoms with Gasteiger partial charge in [0.25, 0.3) is 0 Å². The molecular weight excluding hydrogens is 110 g/mol. The average Bonchev–Trinajstić information content (AvgIpc) is 1.80. The molecule has 0 heterocycles. The van der Waals surface area contributed by atoms with Crippen molar-refractivity contribution in [3.63, 3.8) is 0 Å². The molecule has 9 heavy (non-hydrogen) atoms. The third kappa shape index (κ3) is 7.96. The van der Waals surface area contributed by atoms with Gasteiger partial charge in [0.15, 0.2) is 0 Å². The second kappa shape index (κ2) is 6.09. The summed E-state index contributed by atoms with van der Waals surface area (Å²) in [6, 6.07) is 0. The Morgan fingerprint density at radius 1 is 1.44 bits per heavy atom. The Balaban J connectivity index is 2.75. The third-order valence-corrected chi connectivity index (χ3v) is 1.31. The van der Waals surface area contributed by atoms with Crippen molar-refractivity contribution in [3.05, 3.63) is 6.54 Å². The number of hydrogen-bond donors (Lipinski definition) is 1. The first-order valence-electron chi connectivity index (χ1n) is 3.78. The van der Waals surface area contributed by atoms with Gasteiger partial charge in [-0.3, -0.25) is 0 Å². The standard InChI is InChI=1S/C8H18N/c1-4-9-7-5-6-8(2)3/h4,8-9H,5-7H2,1-3H3. The summed E-state index contributed by atoms with van der Waals surface area (Å²) in [6.45, 7) is 9.68. The third-order valence-electron chi connectivity index (χ3n) is 1.31. The van der Waals surface area contributed by atoms with Gasteiger partial charge in [-0.25, -0.2) is 0 Å². The van der Waals surface area contributed by atoms with E-state index in [1.165, 1.54) is 12.8 Å². The highest BCUT2D eigenvalue weighted by atomic mass is 14.8. The predicted molar refractivity (Wildman–Crippen MR) is 42.0 cm³/mol. The van der Waals surface area contributed by atoms with Crippen LogP contribution in [-0.4, -0.2) is 6.54 Å². The molecule has 0 atom stereocenters. The van der Waals surface area contributed by atoms with Crippen molar-refractivity contribution < 1.29 is 0 Å². The van der Waals surface area contributed by atoms with Gasteiger partial charge in [0.1, 0.15) is 0 Å². The summed E-state index contributed by atoms with van der Waals surface area (Å²) in [5.74, 6) is 0.851. The molecular formula is C8H18N. The Labute approximate surface area is 58.8 Å². The first-order chi connectivity index (χ1) is 4.27. The van der Waals surface area contributed by atoms with Gasteiger partial charge in [-0.15, -0.1) is 0 Å². The van der Waals surface area contributed by atoms with E-state index < -0.39 is 0 Å². The Bertz CT molecular complexity index is 50.5. The van der Waals surface area contributed by atoms with Gasteiger partial charge in [-0.05, 0) is 32.2 Å². The zero-order valence-electron chi connectivity index (χ0n) is 6.78. The fourth-order valence-corrected chi connectivity index (χ4v) is 0.757. The summed E-state index contributed by atoms with van der Waals surface area (Å²) in [7, 11) is 0. The van der Waals surface area contributed by atoms with E-state index in [0.717, 1.165) is 12.5 Å². The van der Waals surface area contributed by atoms with Crippen LogP contribution in [0.1, 0.15) is 33.6 Å². The molecule has 1 N–H and O–H groups in total. The highest BCUT2D eigenvalue weighted by molar-refractivity contribution is 4.54. The minimum atomic E-state index is 0.851. The highest BCUT2D eigenvalue weighted by Crippen LogP contribution is 2.01. The van der Waals surface area contributed by atoms with Crippen LogP contribution < -0.4 is 5.32 Å². The number of hydrogen-bond acceptors (Lipinski definition) is 1. The summed E-state index contributed by atoms with van der Waals surface area (Å²) in [6.07, 6.45) is 2.63.